The molecule has 6 nitrogen and oxygen atoms in total. The molecule has 0 amide bonds. The Bertz CT molecular complexity index is 502. The minimum atomic E-state index is -0.433. The van der Waals surface area contributed by atoms with E-state index in [9.17, 15) is 4.79 Å². The molecular weight excluding hydrogens is 260 g/mol. The predicted octanol–water partition coefficient (Wildman–Crippen LogP) is 1.02. The quantitative estimate of drug-likeness (QED) is 0.785. The van der Waals surface area contributed by atoms with Crippen molar-refractivity contribution in [2.24, 2.45) is 0 Å². The summed E-state index contributed by atoms with van der Waals surface area (Å²) in [5.74, 6) is 0.558. The highest BCUT2D eigenvalue weighted by atomic mass is 16.6. The summed E-state index contributed by atoms with van der Waals surface area (Å²) in [7, 11) is 7.03. The number of likely N-dealkylation sites (N-methyl/N-ethyl adjacent to an activating group) is 1. The van der Waals surface area contributed by atoms with Gasteiger partial charge in [0, 0.05) is 18.7 Å². The third-order valence-corrected chi connectivity index (χ3v) is 3.18. The van der Waals surface area contributed by atoms with E-state index < -0.39 is 12.2 Å². The van der Waals surface area contributed by atoms with E-state index in [2.05, 4.69) is 10.2 Å². The molecule has 0 spiro atoms. The first-order valence-electron chi connectivity index (χ1n) is 6.42. The van der Waals surface area contributed by atoms with E-state index in [4.69, 9.17) is 14.2 Å². The van der Waals surface area contributed by atoms with Gasteiger partial charge < -0.3 is 19.1 Å². The first kappa shape index (κ1) is 14.6. The lowest BCUT2D eigenvalue weighted by Gasteiger charge is -2.15. The molecule has 0 aliphatic carbocycles. The molecule has 6 heteroatoms. The van der Waals surface area contributed by atoms with Gasteiger partial charge >= 0.3 is 5.97 Å². The highest BCUT2D eigenvalue weighted by molar-refractivity contribution is 5.98. The average Bonchev–Trinajstić information content (AvgIpc) is 2.74. The molecule has 0 fully saturated rings. The first-order valence-corrected chi connectivity index (χ1v) is 6.42. The van der Waals surface area contributed by atoms with E-state index in [1.54, 1.807) is 6.07 Å². The highest BCUT2D eigenvalue weighted by Crippen LogP contribution is 2.40. The van der Waals surface area contributed by atoms with Crippen molar-refractivity contribution in [3.8, 4) is 11.5 Å². The van der Waals surface area contributed by atoms with Crippen LogP contribution in [0.15, 0.2) is 12.1 Å². The van der Waals surface area contributed by atoms with Crippen molar-refractivity contribution in [3.63, 3.8) is 0 Å². The lowest BCUT2D eigenvalue weighted by atomic mass is 10.1. The molecule has 1 aliphatic rings. The van der Waals surface area contributed by atoms with Crippen LogP contribution in [0.25, 0.3) is 0 Å². The summed E-state index contributed by atoms with van der Waals surface area (Å²) < 4.78 is 15.8. The second-order valence-corrected chi connectivity index (χ2v) is 4.81. The molecule has 110 valence electrons. The van der Waals surface area contributed by atoms with Crippen LogP contribution in [-0.2, 0) is 4.74 Å². The fourth-order valence-corrected chi connectivity index (χ4v) is 2.17. The average molecular weight is 280 g/mol. The van der Waals surface area contributed by atoms with Crippen LogP contribution in [0.1, 0.15) is 22.1 Å². The van der Waals surface area contributed by atoms with Crippen LogP contribution in [0.5, 0.6) is 11.5 Å². The molecule has 1 aromatic carbocycles. The molecule has 1 aromatic rings. The lowest BCUT2D eigenvalue weighted by molar-refractivity contribution is 0.0304. The Balaban J connectivity index is 2.23. The standard InChI is InChI=1S/C14H20N2O4/c1-16(2)8-7-15-13-9-5-6-10(18-3)12(19-4)11(9)14(17)20-13/h5-6,13,15H,7-8H2,1-4H3/t13-/m0/s1. The normalized spacial score (nSPS) is 17.1. The Labute approximate surface area is 118 Å². The Morgan fingerprint density at radius 2 is 2.05 bits per heavy atom. The fourth-order valence-electron chi connectivity index (χ4n) is 2.17. The van der Waals surface area contributed by atoms with Crippen LogP contribution in [0.3, 0.4) is 0 Å². The van der Waals surface area contributed by atoms with Crippen molar-refractivity contribution >= 4 is 5.97 Å². The van der Waals surface area contributed by atoms with Gasteiger partial charge in [-0.1, -0.05) is 0 Å². The van der Waals surface area contributed by atoms with Gasteiger partial charge in [0.05, 0.1) is 14.2 Å². The number of carbonyl (C=O) groups is 1. The molecule has 0 bridgehead atoms. The van der Waals surface area contributed by atoms with Gasteiger partial charge in [-0.25, -0.2) is 4.79 Å². The van der Waals surface area contributed by atoms with Crippen molar-refractivity contribution in [2.75, 3.05) is 41.4 Å². The molecule has 1 atom stereocenters. The molecule has 1 aliphatic heterocycles. The van der Waals surface area contributed by atoms with Crippen molar-refractivity contribution in [2.45, 2.75) is 6.23 Å². The second kappa shape index (κ2) is 6.11. The minimum absolute atomic E-state index is 0.391. The van der Waals surface area contributed by atoms with Gasteiger partial charge in [-0.3, -0.25) is 5.32 Å². The van der Waals surface area contributed by atoms with E-state index in [1.807, 2.05) is 20.2 Å². The smallest absolute Gasteiger partial charge is 0.344 e. The number of hydrogen-bond acceptors (Lipinski definition) is 6. The summed E-state index contributed by atoms with van der Waals surface area (Å²) in [5, 5.41) is 3.21. The van der Waals surface area contributed by atoms with Gasteiger partial charge in [0.1, 0.15) is 5.56 Å². The van der Waals surface area contributed by atoms with E-state index in [0.717, 1.165) is 18.7 Å². The van der Waals surface area contributed by atoms with Gasteiger partial charge in [-0.2, -0.15) is 0 Å². The lowest BCUT2D eigenvalue weighted by Crippen LogP contribution is -2.29. The number of hydrogen-bond donors (Lipinski definition) is 1. The SMILES string of the molecule is COc1ccc2c(c1OC)C(=O)O[C@@H]2NCCN(C)C. The molecule has 1 heterocycles. The van der Waals surface area contributed by atoms with Gasteiger partial charge in [0.25, 0.3) is 0 Å². The maximum Gasteiger partial charge on any atom is 0.344 e. The Hall–Kier alpha value is -1.79. The third-order valence-electron chi connectivity index (χ3n) is 3.18. The molecule has 0 saturated carbocycles. The largest absolute Gasteiger partial charge is 0.493 e. The van der Waals surface area contributed by atoms with Crippen LogP contribution in [0.4, 0.5) is 0 Å². The number of esters is 1. The number of rotatable bonds is 6. The zero-order valence-corrected chi connectivity index (χ0v) is 12.2. The van der Waals surface area contributed by atoms with Gasteiger partial charge in [-0.05, 0) is 26.2 Å². The summed E-state index contributed by atoms with van der Waals surface area (Å²) >= 11 is 0. The molecule has 0 unspecified atom stereocenters. The maximum absolute atomic E-state index is 12.0. The van der Waals surface area contributed by atoms with Gasteiger partial charge in [0.2, 0.25) is 0 Å². The number of benzene rings is 1. The second-order valence-electron chi connectivity index (χ2n) is 4.81. The van der Waals surface area contributed by atoms with Crippen molar-refractivity contribution in [1.29, 1.82) is 0 Å². The number of nitrogens with one attached hydrogen (secondary N) is 1. The first-order chi connectivity index (χ1) is 9.58. The zero-order chi connectivity index (χ0) is 14.7. The molecule has 2 rings (SSSR count). The van der Waals surface area contributed by atoms with Crippen molar-refractivity contribution in [1.82, 2.24) is 10.2 Å². The zero-order valence-electron chi connectivity index (χ0n) is 12.2. The summed E-state index contributed by atoms with van der Waals surface area (Å²) in [5.41, 5.74) is 1.22. The van der Waals surface area contributed by atoms with E-state index in [1.165, 1.54) is 14.2 Å². The summed E-state index contributed by atoms with van der Waals surface area (Å²) in [6.45, 7) is 1.58. The summed E-state index contributed by atoms with van der Waals surface area (Å²) in [6.07, 6.45) is -0.433. The van der Waals surface area contributed by atoms with Crippen molar-refractivity contribution < 1.29 is 19.0 Å². The third kappa shape index (κ3) is 2.71. The van der Waals surface area contributed by atoms with Gasteiger partial charge in [-0.15, -0.1) is 0 Å². The highest BCUT2D eigenvalue weighted by Gasteiger charge is 2.35. The summed E-state index contributed by atoms with van der Waals surface area (Å²) in [4.78, 5) is 14.1. The predicted molar refractivity (Wildman–Crippen MR) is 74.3 cm³/mol. The monoisotopic (exact) mass is 280 g/mol. The van der Waals surface area contributed by atoms with Crippen LogP contribution >= 0.6 is 0 Å². The van der Waals surface area contributed by atoms with E-state index in [-0.39, 0.29) is 0 Å². The minimum Gasteiger partial charge on any atom is -0.493 e. The Morgan fingerprint density at radius 3 is 2.65 bits per heavy atom. The van der Waals surface area contributed by atoms with Gasteiger partial charge in [0.15, 0.2) is 17.7 Å². The molecule has 20 heavy (non-hydrogen) atoms. The van der Waals surface area contributed by atoms with E-state index in [0.29, 0.717) is 17.1 Å². The molecular formula is C14H20N2O4. The van der Waals surface area contributed by atoms with Crippen LogP contribution in [-0.4, -0.2) is 52.3 Å². The van der Waals surface area contributed by atoms with Crippen LogP contribution in [0.2, 0.25) is 0 Å². The molecule has 0 radical (unpaired) electrons. The number of carbonyl (C=O) groups excluding carboxylic acids is 1. The number of methoxy groups -OCH3 is 2. The maximum atomic E-state index is 12.0. The molecule has 0 saturated heterocycles. The Kier molecular flexibility index (Phi) is 4.46. The van der Waals surface area contributed by atoms with Crippen LogP contribution in [0, 0.1) is 0 Å². The topological polar surface area (TPSA) is 60.0 Å². The van der Waals surface area contributed by atoms with Crippen molar-refractivity contribution in [3.05, 3.63) is 23.3 Å². The number of nitrogens with zero attached hydrogens (tertiary/aromatic N) is 1. The molecule has 1 N–H and O–H groups in total. The Morgan fingerprint density at radius 1 is 1.30 bits per heavy atom. The number of fused-ring (bicyclic) bond motifs is 1. The number of ether oxygens (including phenoxy) is 3. The fraction of sp³-hybridized carbons (Fsp3) is 0.500. The summed E-state index contributed by atoms with van der Waals surface area (Å²) in [6, 6.07) is 3.61. The molecule has 0 aromatic heterocycles. The number of cyclic esters (lactones) is 1. The van der Waals surface area contributed by atoms with E-state index >= 15 is 0 Å². The van der Waals surface area contributed by atoms with Crippen LogP contribution < -0.4 is 14.8 Å².